The van der Waals surface area contributed by atoms with Crippen molar-refractivity contribution in [1.29, 1.82) is 0 Å². The number of nitro benzene ring substituents is 1. The van der Waals surface area contributed by atoms with Crippen LogP contribution in [0.2, 0.25) is 5.02 Å². The molecule has 10 nitrogen and oxygen atoms in total. The summed E-state index contributed by atoms with van der Waals surface area (Å²) in [6, 6.07) is 14.1. The number of allylic oxidation sites excluding steroid dienone is 2. The van der Waals surface area contributed by atoms with E-state index in [2.05, 4.69) is 32.9 Å². The van der Waals surface area contributed by atoms with Gasteiger partial charge in [-0.1, -0.05) is 75.2 Å². The summed E-state index contributed by atoms with van der Waals surface area (Å²) in [6.45, 7) is 5.99. The Morgan fingerprint density at radius 1 is 1.11 bits per heavy atom. The fraction of sp³-hybridized carbons (Fsp3) is 0.455. The van der Waals surface area contributed by atoms with E-state index < -0.39 is 44.3 Å². The second-order valence-corrected chi connectivity index (χ2v) is 15.4. The predicted molar refractivity (Wildman–Crippen MR) is 167 cm³/mol. The Kier molecular flexibility index (Phi) is 8.16. The van der Waals surface area contributed by atoms with E-state index in [0.29, 0.717) is 12.3 Å². The van der Waals surface area contributed by atoms with Crippen LogP contribution < -0.4 is 0 Å². The molecule has 0 radical (unpaired) electrons. The number of hydrogen-bond donors (Lipinski definition) is 0. The Morgan fingerprint density at radius 3 is 2.56 bits per heavy atom. The van der Waals surface area contributed by atoms with E-state index >= 15 is 0 Å². The molecule has 6 rings (SSSR count). The van der Waals surface area contributed by atoms with Crippen LogP contribution in [0, 0.1) is 22.0 Å². The fourth-order valence-electron chi connectivity index (χ4n) is 7.51. The van der Waals surface area contributed by atoms with Gasteiger partial charge >= 0.3 is 6.09 Å². The summed E-state index contributed by atoms with van der Waals surface area (Å²) in [5.74, 6) is -1.61. The Labute approximate surface area is 267 Å². The van der Waals surface area contributed by atoms with Crippen LogP contribution in [-0.2, 0) is 29.5 Å². The van der Waals surface area contributed by atoms with Gasteiger partial charge in [0.15, 0.2) is 15.6 Å². The molecule has 2 aromatic carbocycles. The average molecular weight is 655 g/mol. The zero-order valence-electron chi connectivity index (χ0n) is 25.3. The number of amides is 1. The number of ketones is 1. The molecule has 3 heterocycles. The molecule has 1 saturated carbocycles. The van der Waals surface area contributed by atoms with Crippen molar-refractivity contribution in [1.82, 2.24) is 4.90 Å². The molecule has 2 unspecified atom stereocenters. The maximum Gasteiger partial charge on any atom is 0.418 e. The standard InChI is InChI=1S/C33H35ClN2O8S/c1-19-9-11-22(33(2,3)21-7-5-4-6-8-21)28(15-19)44-32(38)35-24-13-14-45(41,42)31(24)29(30-26(35)17-43-18-27(30)37)20-10-12-23(34)25(16-20)36(39)40/h4-8,10,12,16,19,22,28-29H,9,11,13-15,17-18H2,1-3H3/t19?,22-,28-,29?/m1/s1. The lowest BCUT2D eigenvalue weighted by Crippen LogP contribution is -2.47. The van der Waals surface area contributed by atoms with Crippen LogP contribution in [0.4, 0.5) is 10.5 Å². The first kappa shape index (κ1) is 31.4. The molecule has 0 N–H and O–H groups in total. The van der Waals surface area contributed by atoms with Crippen LogP contribution in [0.1, 0.15) is 63.5 Å². The molecule has 1 fully saturated rings. The highest BCUT2D eigenvalue weighted by molar-refractivity contribution is 7.95. The number of halogens is 1. The zero-order valence-corrected chi connectivity index (χ0v) is 26.9. The lowest BCUT2D eigenvalue weighted by Gasteiger charge is -2.45. The smallest absolute Gasteiger partial charge is 0.418 e. The minimum Gasteiger partial charge on any atom is -0.445 e. The first-order chi connectivity index (χ1) is 21.3. The maximum absolute atomic E-state index is 14.3. The number of carbonyl (C=O) groups excluding carboxylic acids is 2. The van der Waals surface area contributed by atoms with Gasteiger partial charge in [-0.3, -0.25) is 19.8 Å². The number of ether oxygens (including phenoxy) is 2. The van der Waals surface area contributed by atoms with E-state index in [-0.39, 0.29) is 69.2 Å². The minimum absolute atomic E-state index is 0.00865. The Balaban J connectivity index is 1.44. The number of benzene rings is 2. The summed E-state index contributed by atoms with van der Waals surface area (Å²) >= 11 is 6.07. The zero-order chi connectivity index (χ0) is 32.3. The van der Waals surface area contributed by atoms with Gasteiger partial charge in [-0.2, -0.15) is 0 Å². The third-order valence-corrected chi connectivity index (χ3v) is 12.0. The lowest BCUT2D eigenvalue weighted by molar-refractivity contribution is -0.384. The van der Waals surface area contributed by atoms with E-state index in [1.807, 2.05) is 18.2 Å². The molecule has 12 heteroatoms. The van der Waals surface area contributed by atoms with Crippen LogP contribution in [0.5, 0.6) is 0 Å². The van der Waals surface area contributed by atoms with Gasteiger partial charge in [-0.15, -0.1) is 0 Å². The molecule has 3 aliphatic heterocycles. The number of Topliss-reactive ketones (excluding diaryl/α,β-unsaturated/α-hetero) is 1. The van der Waals surface area contributed by atoms with Gasteiger partial charge in [-0.05, 0) is 41.4 Å². The monoisotopic (exact) mass is 654 g/mol. The molecule has 1 aliphatic carbocycles. The summed E-state index contributed by atoms with van der Waals surface area (Å²) in [5, 5.41) is 11.6. The van der Waals surface area contributed by atoms with Gasteiger partial charge in [0.05, 0.1) is 33.8 Å². The van der Waals surface area contributed by atoms with Crippen LogP contribution in [0.25, 0.3) is 0 Å². The second-order valence-electron chi connectivity index (χ2n) is 12.9. The molecule has 238 valence electrons. The highest BCUT2D eigenvalue weighted by Gasteiger charge is 2.51. The summed E-state index contributed by atoms with van der Waals surface area (Å²) in [7, 11) is -3.94. The largest absolute Gasteiger partial charge is 0.445 e. The molecular formula is C33H35ClN2O8S. The van der Waals surface area contributed by atoms with E-state index in [1.165, 1.54) is 23.1 Å². The highest BCUT2D eigenvalue weighted by atomic mass is 35.5. The molecule has 45 heavy (non-hydrogen) atoms. The molecule has 0 bridgehead atoms. The number of carbonyl (C=O) groups is 2. The second kappa shape index (κ2) is 11.7. The minimum atomic E-state index is -3.94. The van der Waals surface area contributed by atoms with E-state index in [1.54, 1.807) is 0 Å². The quantitative estimate of drug-likeness (QED) is 0.265. The topological polar surface area (TPSA) is 133 Å². The maximum atomic E-state index is 14.3. The van der Waals surface area contributed by atoms with Crippen LogP contribution in [-0.4, -0.2) is 55.2 Å². The van der Waals surface area contributed by atoms with Crippen LogP contribution in [0.15, 0.2) is 70.4 Å². The lowest BCUT2D eigenvalue weighted by atomic mass is 9.64. The van der Waals surface area contributed by atoms with Gasteiger partial charge in [0.25, 0.3) is 5.69 Å². The van der Waals surface area contributed by atoms with E-state index in [4.69, 9.17) is 21.1 Å². The van der Waals surface area contributed by atoms with Crippen LogP contribution in [0.3, 0.4) is 0 Å². The van der Waals surface area contributed by atoms with Gasteiger partial charge in [0, 0.05) is 29.7 Å². The van der Waals surface area contributed by atoms with Crippen molar-refractivity contribution in [3.8, 4) is 0 Å². The first-order valence-corrected chi connectivity index (χ1v) is 17.1. The van der Waals surface area contributed by atoms with Gasteiger partial charge in [-0.25, -0.2) is 13.2 Å². The molecule has 0 saturated heterocycles. The van der Waals surface area contributed by atoms with Crippen LogP contribution >= 0.6 is 11.6 Å². The number of rotatable bonds is 5. The molecule has 4 aliphatic rings. The van der Waals surface area contributed by atoms with Crippen molar-refractivity contribution in [2.24, 2.45) is 11.8 Å². The van der Waals surface area contributed by atoms with Crippen molar-refractivity contribution in [2.45, 2.75) is 63.9 Å². The number of hydrogen-bond acceptors (Lipinski definition) is 8. The van der Waals surface area contributed by atoms with Crippen molar-refractivity contribution in [3.05, 3.63) is 96.7 Å². The number of sulfone groups is 1. The third-order valence-electron chi connectivity index (χ3n) is 9.83. The van der Waals surface area contributed by atoms with Crippen molar-refractivity contribution < 1.29 is 32.4 Å². The Bertz CT molecular complexity index is 1750. The Morgan fingerprint density at radius 2 is 1.84 bits per heavy atom. The van der Waals surface area contributed by atoms with E-state index in [0.717, 1.165) is 18.4 Å². The molecule has 0 aromatic heterocycles. The number of nitro groups is 1. The SMILES string of the molecule is CC1CC[C@@H](C(C)(C)c2ccccc2)[C@H](OC(=O)N2C3=C(C(=O)COC3)C(c3ccc(Cl)c([N+](=O)[O-])c3)C3=C2CCS3(=O)=O)C1. The Hall–Kier alpha value is -3.54. The molecule has 4 atom stereocenters. The van der Waals surface area contributed by atoms with E-state index in [9.17, 15) is 28.1 Å². The molecule has 0 spiro atoms. The molecule has 1 amide bonds. The van der Waals surface area contributed by atoms with Gasteiger partial charge in [0.1, 0.15) is 17.7 Å². The third kappa shape index (κ3) is 5.48. The van der Waals surface area contributed by atoms with Gasteiger partial charge in [0.2, 0.25) is 0 Å². The summed E-state index contributed by atoms with van der Waals surface area (Å²) in [6.07, 6.45) is 1.28. The number of nitrogens with zero attached hydrogens (tertiary/aromatic N) is 2. The average Bonchev–Trinajstić information content (AvgIpc) is 3.31. The van der Waals surface area contributed by atoms with Gasteiger partial charge < -0.3 is 9.47 Å². The first-order valence-electron chi connectivity index (χ1n) is 15.1. The molecular weight excluding hydrogens is 620 g/mol. The summed E-state index contributed by atoms with van der Waals surface area (Å²) in [5.41, 5.74) is 1.11. The summed E-state index contributed by atoms with van der Waals surface area (Å²) < 4.78 is 39.2. The normalized spacial score (nSPS) is 26.4. The fourth-order valence-corrected chi connectivity index (χ4v) is 9.55. The molecule has 2 aromatic rings. The van der Waals surface area contributed by atoms with Crippen molar-refractivity contribution in [3.63, 3.8) is 0 Å². The van der Waals surface area contributed by atoms with Crippen molar-refractivity contribution >= 4 is 39.0 Å². The predicted octanol–water partition coefficient (Wildman–Crippen LogP) is 6.45. The highest BCUT2D eigenvalue weighted by Crippen LogP contribution is 2.51. The summed E-state index contributed by atoms with van der Waals surface area (Å²) in [4.78, 5) is 40.0. The van der Waals surface area contributed by atoms with Crippen molar-refractivity contribution in [2.75, 3.05) is 19.0 Å².